The van der Waals surface area contributed by atoms with Gasteiger partial charge >= 0.3 is 6.09 Å². The van der Waals surface area contributed by atoms with Crippen molar-refractivity contribution in [3.05, 3.63) is 58.1 Å². The molecule has 36 heavy (non-hydrogen) atoms. The van der Waals surface area contributed by atoms with Crippen LogP contribution in [0.1, 0.15) is 82.9 Å². The first kappa shape index (κ1) is 26.0. The third-order valence-corrected chi connectivity index (χ3v) is 7.88. The van der Waals surface area contributed by atoms with Gasteiger partial charge in [-0.25, -0.2) is 4.79 Å². The fourth-order valence-electron chi connectivity index (χ4n) is 5.54. The van der Waals surface area contributed by atoms with E-state index in [0.717, 1.165) is 29.7 Å². The van der Waals surface area contributed by atoms with Crippen molar-refractivity contribution >= 4 is 35.0 Å². The summed E-state index contributed by atoms with van der Waals surface area (Å²) in [4.78, 5) is 29.9. The number of nitriles is 1. The number of rotatable bonds is 4. The minimum absolute atomic E-state index is 0.0156. The van der Waals surface area contributed by atoms with Gasteiger partial charge in [0.05, 0.1) is 27.4 Å². The van der Waals surface area contributed by atoms with Crippen LogP contribution >= 0.6 is 11.6 Å². The first-order valence-electron chi connectivity index (χ1n) is 12.7. The van der Waals surface area contributed by atoms with E-state index in [1.807, 2.05) is 34.6 Å². The van der Waals surface area contributed by atoms with E-state index in [4.69, 9.17) is 16.3 Å². The number of ether oxygens (including phenoxy) is 1. The molecule has 2 aliphatic heterocycles. The Bertz CT molecular complexity index is 1220. The summed E-state index contributed by atoms with van der Waals surface area (Å²) in [6, 6.07) is 13.8. The van der Waals surface area contributed by atoms with Crippen molar-refractivity contribution in [2.45, 2.75) is 77.2 Å². The largest absolute Gasteiger partial charge is 0.444 e. The van der Waals surface area contributed by atoms with Gasteiger partial charge < -0.3 is 9.64 Å². The molecule has 4 rings (SSSR count). The van der Waals surface area contributed by atoms with Gasteiger partial charge in [-0.05, 0) is 81.7 Å². The standard InChI is InChI=1S/C29H34ClN3O3/c1-6-29(7-2)22-12-11-20(19-13-15-32(16-14-19)27(35)36-28(3,4)5)17-25(22)33(26(29)34)24-10-8-9-23(30)21(24)18-31/h8-12,17,19H,6-7,13-16H2,1-5H3. The highest BCUT2D eigenvalue weighted by Gasteiger charge is 2.49. The molecule has 0 N–H and O–H groups in total. The molecular weight excluding hydrogens is 474 g/mol. The molecule has 2 aromatic carbocycles. The lowest BCUT2D eigenvalue weighted by atomic mass is 9.76. The summed E-state index contributed by atoms with van der Waals surface area (Å²) in [5.74, 6) is 0.247. The number of nitrogens with zero attached hydrogens (tertiary/aromatic N) is 3. The van der Waals surface area contributed by atoms with Crippen LogP contribution in [0, 0.1) is 11.3 Å². The Morgan fingerprint density at radius 1 is 1.14 bits per heavy atom. The van der Waals surface area contributed by atoms with Crippen LogP contribution in [-0.4, -0.2) is 35.6 Å². The van der Waals surface area contributed by atoms with Crippen molar-refractivity contribution in [3.8, 4) is 6.07 Å². The highest BCUT2D eigenvalue weighted by molar-refractivity contribution is 6.32. The van der Waals surface area contributed by atoms with Crippen LogP contribution in [0.25, 0.3) is 0 Å². The molecule has 6 nitrogen and oxygen atoms in total. The Labute approximate surface area is 218 Å². The summed E-state index contributed by atoms with van der Waals surface area (Å²) in [6.07, 6.45) is 2.70. The van der Waals surface area contributed by atoms with Crippen molar-refractivity contribution in [1.29, 1.82) is 5.26 Å². The van der Waals surface area contributed by atoms with E-state index in [2.05, 4.69) is 24.3 Å². The van der Waals surface area contributed by atoms with Crippen molar-refractivity contribution < 1.29 is 14.3 Å². The van der Waals surface area contributed by atoms with Gasteiger partial charge in [-0.1, -0.05) is 43.6 Å². The van der Waals surface area contributed by atoms with Gasteiger partial charge in [-0.15, -0.1) is 0 Å². The highest BCUT2D eigenvalue weighted by atomic mass is 35.5. The number of hydrogen-bond acceptors (Lipinski definition) is 4. The Morgan fingerprint density at radius 3 is 2.39 bits per heavy atom. The maximum atomic E-state index is 14.0. The van der Waals surface area contributed by atoms with E-state index >= 15 is 0 Å². The molecule has 0 radical (unpaired) electrons. The summed E-state index contributed by atoms with van der Waals surface area (Å²) >= 11 is 6.35. The molecule has 0 unspecified atom stereocenters. The molecule has 7 heteroatoms. The van der Waals surface area contributed by atoms with Gasteiger partial charge in [-0.3, -0.25) is 9.69 Å². The second kappa shape index (κ2) is 9.78. The molecule has 0 atom stereocenters. The van der Waals surface area contributed by atoms with E-state index in [9.17, 15) is 14.9 Å². The topological polar surface area (TPSA) is 73.6 Å². The zero-order chi connectivity index (χ0) is 26.3. The first-order chi connectivity index (χ1) is 17.1. The number of hydrogen-bond donors (Lipinski definition) is 0. The average Bonchev–Trinajstić information content (AvgIpc) is 3.09. The fraction of sp³-hybridized carbons (Fsp3) is 0.483. The van der Waals surface area contributed by atoms with Crippen LogP contribution in [0.3, 0.4) is 0 Å². The number of fused-ring (bicyclic) bond motifs is 1. The van der Waals surface area contributed by atoms with Crippen molar-refractivity contribution in [2.24, 2.45) is 0 Å². The normalized spacial score (nSPS) is 17.6. The molecule has 0 aliphatic carbocycles. The number of carbonyl (C=O) groups is 2. The van der Waals surface area contributed by atoms with Crippen LogP contribution in [-0.2, 0) is 14.9 Å². The zero-order valence-corrected chi connectivity index (χ0v) is 22.5. The summed E-state index contributed by atoms with van der Waals surface area (Å²) in [7, 11) is 0. The summed E-state index contributed by atoms with van der Waals surface area (Å²) < 4.78 is 5.54. The van der Waals surface area contributed by atoms with Gasteiger partial charge in [0, 0.05) is 13.1 Å². The number of carbonyl (C=O) groups excluding carboxylic acids is 2. The Balaban J connectivity index is 1.69. The molecule has 190 valence electrons. The predicted octanol–water partition coefficient (Wildman–Crippen LogP) is 7.06. The molecular formula is C29H34ClN3O3. The molecule has 1 fully saturated rings. The van der Waals surface area contributed by atoms with Gasteiger partial charge in [0.2, 0.25) is 5.91 Å². The predicted molar refractivity (Wildman–Crippen MR) is 142 cm³/mol. The molecule has 1 saturated heterocycles. The molecule has 2 heterocycles. The minimum Gasteiger partial charge on any atom is -0.444 e. The van der Waals surface area contributed by atoms with Gasteiger partial charge in [0.25, 0.3) is 0 Å². The lowest BCUT2D eigenvalue weighted by Crippen LogP contribution is -2.41. The summed E-state index contributed by atoms with van der Waals surface area (Å²) in [6.45, 7) is 11.0. The molecule has 0 aromatic heterocycles. The molecule has 2 aliphatic rings. The van der Waals surface area contributed by atoms with Crippen molar-refractivity contribution in [3.63, 3.8) is 0 Å². The summed E-state index contributed by atoms with van der Waals surface area (Å²) in [5.41, 5.74) is 2.64. The van der Waals surface area contributed by atoms with Crippen molar-refractivity contribution in [2.75, 3.05) is 18.0 Å². The van der Waals surface area contributed by atoms with Gasteiger partial charge in [-0.2, -0.15) is 5.26 Å². The Morgan fingerprint density at radius 2 is 1.81 bits per heavy atom. The highest BCUT2D eigenvalue weighted by Crippen LogP contribution is 2.51. The molecule has 0 spiro atoms. The molecule has 2 aromatic rings. The summed E-state index contributed by atoms with van der Waals surface area (Å²) in [5, 5.41) is 10.2. The van der Waals surface area contributed by atoms with E-state index in [1.165, 1.54) is 0 Å². The Kier molecular flexibility index (Phi) is 7.07. The molecule has 0 saturated carbocycles. The number of anilines is 2. The van der Waals surface area contributed by atoms with Crippen LogP contribution in [0.15, 0.2) is 36.4 Å². The van der Waals surface area contributed by atoms with Gasteiger partial charge in [0.1, 0.15) is 11.7 Å². The molecule has 0 bridgehead atoms. The van der Waals surface area contributed by atoms with Crippen LogP contribution < -0.4 is 4.90 Å². The lowest BCUT2D eigenvalue weighted by Gasteiger charge is -2.34. The number of piperidine rings is 1. The number of benzene rings is 2. The Hall–Kier alpha value is -3.04. The monoisotopic (exact) mass is 507 g/mol. The SMILES string of the molecule is CCC1(CC)C(=O)N(c2cccc(Cl)c2C#N)c2cc(C3CCN(C(=O)OC(C)(C)C)CC3)ccc21. The zero-order valence-electron chi connectivity index (χ0n) is 21.7. The smallest absolute Gasteiger partial charge is 0.410 e. The van der Waals surface area contributed by atoms with Crippen LogP contribution in [0.4, 0.5) is 16.2 Å². The van der Waals surface area contributed by atoms with Gasteiger partial charge in [0.15, 0.2) is 0 Å². The van der Waals surface area contributed by atoms with E-state index in [0.29, 0.717) is 42.2 Å². The fourth-order valence-corrected chi connectivity index (χ4v) is 5.75. The second-order valence-electron chi connectivity index (χ2n) is 10.7. The van der Waals surface area contributed by atoms with Crippen molar-refractivity contribution in [1.82, 2.24) is 4.90 Å². The number of likely N-dealkylation sites (tertiary alicyclic amines) is 1. The quantitative estimate of drug-likeness (QED) is 0.444. The van der Waals surface area contributed by atoms with Crippen LogP contribution in [0.5, 0.6) is 0 Å². The maximum absolute atomic E-state index is 14.0. The van der Waals surface area contributed by atoms with E-state index in [-0.39, 0.29) is 17.9 Å². The number of halogens is 1. The third-order valence-electron chi connectivity index (χ3n) is 7.56. The number of amides is 2. The van der Waals surface area contributed by atoms with Crippen LogP contribution in [0.2, 0.25) is 5.02 Å². The minimum atomic E-state index is -0.636. The molecule has 2 amide bonds. The third kappa shape index (κ3) is 4.46. The average molecular weight is 508 g/mol. The van der Waals surface area contributed by atoms with E-state index < -0.39 is 11.0 Å². The second-order valence-corrected chi connectivity index (χ2v) is 11.1. The lowest BCUT2D eigenvalue weighted by molar-refractivity contribution is -0.122. The van der Waals surface area contributed by atoms with E-state index in [1.54, 1.807) is 28.0 Å². The first-order valence-corrected chi connectivity index (χ1v) is 13.1. The maximum Gasteiger partial charge on any atom is 0.410 e.